The molecular formula is C25H25CuP. The molecule has 0 bridgehead atoms. The van der Waals surface area contributed by atoms with Crippen LogP contribution in [0.15, 0.2) is 121 Å². The average Bonchev–Trinajstić information content (AvgIpc) is 3.33. The van der Waals surface area contributed by atoms with E-state index in [-0.39, 0.29) is 17.1 Å². The van der Waals surface area contributed by atoms with E-state index >= 15 is 0 Å². The normalized spacial score (nSPS) is 9.15. The molecule has 0 saturated carbocycles. The first-order chi connectivity index (χ1) is 12.9. The minimum Gasteiger partial charge on any atom is -0.346 e. The van der Waals surface area contributed by atoms with Gasteiger partial charge in [0, 0.05) is 0 Å². The maximum Gasteiger partial charge on any atom is 2.00 e. The van der Waals surface area contributed by atoms with Crippen LogP contribution in [-0.2, 0) is 17.1 Å². The van der Waals surface area contributed by atoms with E-state index in [9.17, 15) is 0 Å². The molecule has 1 radical (unpaired) electrons. The number of benzene rings is 3. The molecule has 0 fully saturated rings. The van der Waals surface area contributed by atoms with Gasteiger partial charge in [0.1, 0.15) is 0 Å². The summed E-state index contributed by atoms with van der Waals surface area (Å²) in [6, 6.07) is 42.3. The molecule has 0 aliphatic carbocycles. The number of hydrogen-bond acceptors (Lipinski definition) is 0. The molecule has 0 amide bonds. The molecule has 0 heterocycles. The van der Waals surface area contributed by atoms with E-state index in [0.717, 1.165) is 0 Å². The third-order valence-electron chi connectivity index (χ3n) is 3.60. The molecule has 2 heteroatoms. The molecule has 4 aromatic carbocycles. The molecule has 27 heavy (non-hydrogen) atoms. The van der Waals surface area contributed by atoms with E-state index < -0.39 is 7.92 Å². The van der Waals surface area contributed by atoms with Crippen LogP contribution in [0, 0.1) is 6.92 Å². The molecule has 0 aliphatic rings. The number of rotatable bonds is 3. The van der Waals surface area contributed by atoms with Crippen LogP contribution in [0.25, 0.3) is 0 Å². The van der Waals surface area contributed by atoms with E-state index in [1.165, 1.54) is 15.9 Å². The summed E-state index contributed by atoms with van der Waals surface area (Å²) in [7, 11) is -0.446. The molecule has 4 rings (SSSR count). The Morgan fingerprint density at radius 3 is 1.04 bits per heavy atom. The molecule has 0 atom stereocenters. The summed E-state index contributed by atoms with van der Waals surface area (Å²) in [5.41, 5.74) is 0. The molecule has 0 aromatic heterocycles. The van der Waals surface area contributed by atoms with Crippen LogP contribution < -0.4 is 15.9 Å². The van der Waals surface area contributed by atoms with Gasteiger partial charge in [-0.1, -0.05) is 91.0 Å². The molecule has 141 valence electrons. The van der Waals surface area contributed by atoms with E-state index in [0.29, 0.717) is 0 Å². The Morgan fingerprint density at radius 1 is 0.519 bits per heavy atom. The predicted molar refractivity (Wildman–Crippen MR) is 118 cm³/mol. The Hall–Kier alpha value is -2.04. The van der Waals surface area contributed by atoms with Crippen molar-refractivity contribution >= 4 is 23.8 Å². The monoisotopic (exact) mass is 419 g/mol. The van der Waals surface area contributed by atoms with Crippen LogP contribution in [0.2, 0.25) is 0 Å². The van der Waals surface area contributed by atoms with Gasteiger partial charge in [0.25, 0.3) is 0 Å². The van der Waals surface area contributed by atoms with Crippen LogP contribution in [0.1, 0.15) is 6.92 Å². The second kappa shape index (κ2) is 14.1. The van der Waals surface area contributed by atoms with Gasteiger partial charge in [-0.2, -0.15) is 25.1 Å². The van der Waals surface area contributed by atoms with Crippen molar-refractivity contribution in [3.8, 4) is 0 Å². The molecule has 0 aliphatic heterocycles. The van der Waals surface area contributed by atoms with Gasteiger partial charge in [-0.15, -0.1) is 0 Å². The fourth-order valence-electron chi connectivity index (χ4n) is 2.50. The first-order valence-corrected chi connectivity index (χ1v) is 10.1. The summed E-state index contributed by atoms with van der Waals surface area (Å²) in [5.74, 6) is 0. The smallest absolute Gasteiger partial charge is 0.346 e. The standard InChI is InChI=1S/C18H15P.C5H5.C2H5.Cu/c1-4-10-16(11-5-1)19(17-12-6-2-7-13-17)18-14-8-3-9-15-18;1-2-4-5-3-1;1-2;/h1-15H;1-5H;1H2,2H3;/q;2*-1;+2. The molecule has 0 N–H and O–H groups in total. The Labute approximate surface area is 175 Å². The van der Waals surface area contributed by atoms with Gasteiger partial charge >= 0.3 is 17.1 Å². The molecule has 0 spiro atoms. The van der Waals surface area contributed by atoms with Crippen LogP contribution in [-0.4, -0.2) is 0 Å². The zero-order valence-electron chi connectivity index (χ0n) is 15.5. The van der Waals surface area contributed by atoms with Gasteiger partial charge in [0.15, 0.2) is 0 Å². The third kappa shape index (κ3) is 7.61. The summed E-state index contributed by atoms with van der Waals surface area (Å²) in [6.45, 7) is 5.00. The molecular weight excluding hydrogens is 395 g/mol. The molecule has 0 saturated heterocycles. The first kappa shape index (κ1) is 23.0. The van der Waals surface area contributed by atoms with E-state index in [1.807, 2.05) is 30.3 Å². The van der Waals surface area contributed by atoms with Crippen molar-refractivity contribution in [2.45, 2.75) is 6.92 Å². The minimum atomic E-state index is -0.446. The zero-order valence-corrected chi connectivity index (χ0v) is 17.3. The third-order valence-corrected chi connectivity index (χ3v) is 6.04. The Morgan fingerprint density at radius 2 is 0.815 bits per heavy atom. The minimum absolute atomic E-state index is 0. The molecule has 0 nitrogen and oxygen atoms in total. The van der Waals surface area contributed by atoms with Crippen molar-refractivity contribution in [1.82, 2.24) is 0 Å². The zero-order chi connectivity index (χ0) is 18.5. The second-order valence-corrected chi connectivity index (χ2v) is 7.52. The van der Waals surface area contributed by atoms with Crippen molar-refractivity contribution in [3.63, 3.8) is 0 Å². The van der Waals surface area contributed by atoms with Gasteiger partial charge in [0.05, 0.1) is 0 Å². The SMILES string of the molecule is [CH2-]C.[Cu+2].c1cc[cH-]c1.c1ccc(P(c2ccccc2)c2ccccc2)cc1. The van der Waals surface area contributed by atoms with Gasteiger partial charge in [-0.05, 0) is 23.8 Å². The predicted octanol–water partition coefficient (Wildman–Crippen LogP) is 5.69. The van der Waals surface area contributed by atoms with Crippen LogP contribution >= 0.6 is 7.92 Å². The quantitative estimate of drug-likeness (QED) is 0.227. The van der Waals surface area contributed by atoms with Crippen LogP contribution in [0.4, 0.5) is 0 Å². The van der Waals surface area contributed by atoms with Crippen molar-refractivity contribution in [1.29, 1.82) is 0 Å². The summed E-state index contributed by atoms with van der Waals surface area (Å²) in [4.78, 5) is 0. The topological polar surface area (TPSA) is 0 Å². The second-order valence-electron chi connectivity index (χ2n) is 5.30. The Balaban J connectivity index is 0.000000390. The van der Waals surface area contributed by atoms with Crippen LogP contribution in [0.3, 0.4) is 0 Å². The summed E-state index contributed by atoms with van der Waals surface area (Å²) < 4.78 is 0. The maximum absolute atomic E-state index is 3.25. The summed E-state index contributed by atoms with van der Waals surface area (Å²) in [6.07, 6.45) is 0. The maximum atomic E-state index is 3.25. The average molecular weight is 420 g/mol. The fraction of sp³-hybridized carbons (Fsp3) is 0.0400. The largest absolute Gasteiger partial charge is 2.00 e. The van der Waals surface area contributed by atoms with E-state index in [2.05, 4.69) is 97.9 Å². The summed E-state index contributed by atoms with van der Waals surface area (Å²) in [5, 5.41) is 4.19. The Kier molecular flexibility index (Phi) is 12.0. The van der Waals surface area contributed by atoms with Gasteiger partial charge in [-0.3, -0.25) is 0 Å². The van der Waals surface area contributed by atoms with Gasteiger partial charge < -0.3 is 6.92 Å². The molecule has 0 unspecified atom stereocenters. The van der Waals surface area contributed by atoms with Crippen LogP contribution in [0.5, 0.6) is 0 Å². The van der Waals surface area contributed by atoms with Crippen molar-refractivity contribution < 1.29 is 17.1 Å². The van der Waals surface area contributed by atoms with Gasteiger partial charge in [-0.25, -0.2) is 12.1 Å². The van der Waals surface area contributed by atoms with E-state index in [1.54, 1.807) is 6.92 Å². The van der Waals surface area contributed by atoms with Crippen molar-refractivity contribution in [2.75, 3.05) is 0 Å². The van der Waals surface area contributed by atoms with Crippen molar-refractivity contribution in [2.24, 2.45) is 0 Å². The first-order valence-electron chi connectivity index (χ1n) is 8.78. The number of hydrogen-bond donors (Lipinski definition) is 0. The van der Waals surface area contributed by atoms with Crippen molar-refractivity contribution in [3.05, 3.63) is 128 Å². The molecule has 4 aromatic rings. The Bertz CT molecular complexity index is 686. The van der Waals surface area contributed by atoms with E-state index in [4.69, 9.17) is 0 Å². The van der Waals surface area contributed by atoms with Gasteiger partial charge in [0.2, 0.25) is 0 Å². The summed E-state index contributed by atoms with van der Waals surface area (Å²) >= 11 is 0. The fourth-order valence-corrected chi connectivity index (χ4v) is 4.80.